The Kier molecular flexibility index (Phi) is 8.09. The van der Waals surface area contributed by atoms with Crippen molar-refractivity contribution in [2.75, 3.05) is 26.5 Å². The van der Waals surface area contributed by atoms with Crippen LogP contribution in [0.3, 0.4) is 0 Å². The molecule has 1 N–H and O–H groups in total. The first-order chi connectivity index (χ1) is 11.8. The molecule has 0 aliphatic carbocycles. The maximum absolute atomic E-state index is 12.6. The van der Waals surface area contributed by atoms with Crippen molar-refractivity contribution < 1.29 is 19.1 Å². The summed E-state index contributed by atoms with van der Waals surface area (Å²) in [7, 11) is 4.58. The number of anilines is 1. The number of rotatable bonds is 8. The van der Waals surface area contributed by atoms with Crippen molar-refractivity contribution in [1.82, 2.24) is 4.90 Å². The molecular formula is C18H28N2O4S. The van der Waals surface area contributed by atoms with E-state index in [4.69, 9.17) is 4.74 Å². The van der Waals surface area contributed by atoms with E-state index in [1.54, 1.807) is 21.0 Å². The Morgan fingerprint density at radius 1 is 1.24 bits per heavy atom. The van der Waals surface area contributed by atoms with E-state index in [1.807, 2.05) is 6.92 Å². The van der Waals surface area contributed by atoms with E-state index < -0.39 is 5.97 Å². The summed E-state index contributed by atoms with van der Waals surface area (Å²) in [6, 6.07) is 0. The van der Waals surface area contributed by atoms with Crippen molar-refractivity contribution in [3.8, 4) is 0 Å². The van der Waals surface area contributed by atoms with Gasteiger partial charge in [0.25, 0.3) is 5.91 Å². The van der Waals surface area contributed by atoms with Gasteiger partial charge in [0.2, 0.25) is 5.91 Å². The lowest BCUT2D eigenvalue weighted by Gasteiger charge is -2.14. The van der Waals surface area contributed by atoms with Crippen LogP contribution in [0, 0.1) is 12.8 Å². The largest absolute Gasteiger partial charge is 0.465 e. The highest BCUT2D eigenvalue weighted by Gasteiger charge is 2.28. The Bertz CT molecular complexity index is 637. The van der Waals surface area contributed by atoms with Crippen molar-refractivity contribution in [1.29, 1.82) is 0 Å². The molecule has 7 heteroatoms. The number of thiophene rings is 1. The summed E-state index contributed by atoms with van der Waals surface area (Å²) in [4.78, 5) is 39.0. The number of hydrogen-bond acceptors (Lipinski definition) is 5. The number of methoxy groups -OCH3 is 1. The minimum atomic E-state index is -0.552. The van der Waals surface area contributed by atoms with E-state index in [0.29, 0.717) is 15.4 Å². The van der Waals surface area contributed by atoms with E-state index in [1.165, 1.54) is 12.0 Å². The number of carbonyl (C=O) groups excluding carboxylic acids is 3. The topological polar surface area (TPSA) is 75.7 Å². The maximum atomic E-state index is 12.6. The lowest BCUT2D eigenvalue weighted by Crippen LogP contribution is -2.23. The molecule has 1 rings (SSSR count). The van der Waals surface area contributed by atoms with Gasteiger partial charge in [-0.3, -0.25) is 9.59 Å². The molecular weight excluding hydrogens is 340 g/mol. The fraction of sp³-hybridized carbons (Fsp3) is 0.611. The fourth-order valence-electron chi connectivity index (χ4n) is 2.54. The second-order valence-electron chi connectivity index (χ2n) is 6.19. The first-order valence-corrected chi connectivity index (χ1v) is 9.34. The van der Waals surface area contributed by atoms with Crippen molar-refractivity contribution in [2.24, 2.45) is 5.92 Å². The molecule has 0 radical (unpaired) electrons. The van der Waals surface area contributed by atoms with Gasteiger partial charge in [0, 0.05) is 20.0 Å². The molecule has 140 valence electrons. The minimum absolute atomic E-state index is 0.110. The highest BCUT2D eigenvalue weighted by molar-refractivity contribution is 7.18. The lowest BCUT2D eigenvalue weighted by molar-refractivity contribution is -0.120. The standard InChI is InChI=1S/C18H28N2O4S/c1-7-9-10-12(8-2)15(21)19-16-13(18(23)24-6)11(3)14(25-16)17(22)20(4)5/h12H,7-10H2,1-6H3,(H,19,21). The Hall–Kier alpha value is -1.89. The van der Waals surface area contributed by atoms with Gasteiger partial charge < -0.3 is 15.0 Å². The van der Waals surface area contributed by atoms with Gasteiger partial charge in [0.1, 0.15) is 5.00 Å². The van der Waals surface area contributed by atoms with E-state index in [-0.39, 0.29) is 23.3 Å². The number of nitrogens with one attached hydrogen (secondary N) is 1. The molecule has 1 atom stereocenters. The molecule has 0 bridgehead atoms. The van der Waals surface area contributed by atoms with Crippen LogP contribution in [0.25, 0.3) is 0 Å². The van der Waals surface area contributed by atoms with E-state index >= 15 is 0 Å². The van der Waals surface area contributed by atoms with Gasteiger partial charge in [0.15, 0.2) is 0 Å². The highest BCUT2D eigenvalue weighted by atomic mass is 32.1. The number of nitrogens with zero attached hydrogens (tertiary/aromatic N) is 1. The normalized spacial score (nSPS) is 11.8. The third-order valence-corrected chi connectivity index (χ3v) is 5.34. The molecule has 0 aliphatic rings. The molecule has 1 aromatic rings. The summed E-state index contributed by atoms with van der Waals surface area (Å²) in [5, 5.41) is 3.23. The molecule has 1 heterocycles. The highest BCUT2D eigenvalue weighted by Crippen LogP contribution is 2.35. The van der Waals surface area contributed by atoms with Gasteiger partial charge in [-0.25, -0.2) is 4.79 Å². The molecule has 0 aliphatic heterocycles. The average Bonchev–Trinajstić information content (AvgIpc) is 2.90. The van der Waals surface area contributed by atoms with E-state index in [2.05, 4.69) is 12.2 Å². The second-order valence-corrected chi connectivity index (χ2v) is 7.21. The molecule has 0 spiro atoms. The fourth-order valence-corrected chi connectivity index (χ4v) is 3.76. The smallest absolute Gasteiger partial charge is 0.341 e. The summed E-state index contributed by atoms with van der Waals surface area (Å²) in [5.41, 5.74) is 0.795. The molecule has 1 unspecified atom stereocenters. The van der Waals surface area contributed by atoms with Gasteiger partial charge >= 0.3 is 5.97 Å². The molecule has 2 amide bonds. The van der Waals surface area contributed by atoms with Crippen LogP contribution in [0.15, 0.2) is 0 Å². The van der Waals surface area contributed by atoms with Crippen molar-refractivity contribution in [3.05, 3.63) is 16.0 Å². The van der Waals surface area contributed by atoms with E-state index in [9.17, 15) is 14.4 Å². The number of hydrogen-bond donors (Lipinski definition) is 1. The molecule has 0 saturated carbocycles. The Morgan fingerprint density at radius 2 is 1.88 bits per heavy atom. The average molecular weight is 368 g/mol. The van der Waals surface area contributed by atoms with Gasteiger partial charge in [-0.2, -0.15) is 0 Å². The molecule has 1 aromatic heterocycles. The first-order valence-electron chi connectivity index (χ1n) is 8.52. The van der Waals surface area contributed by atoms with Crippen molar-refractivity contribution in [3.63, 3.8) is 0 Å². The second kappa shape index (κ2) is 9.56. The summed E-state index contributed by atoms with van der Waals surface area (Å²) >= 11 is 1.12. The number of carbonyl (C=O) groups is 3. The number of amides is 2. The Labute approximate surface area is 153 Å². The lowest BCUT2D eigenvalue weighted by atomic mass is 9.98. The molecule has 6 nitrogen and oxygen atoms in total. The van der Waals surface area contributed by atoms with Crippen LogP contribution in [0.1, 0.15) is 65.1 Å². The zero-order valence-electron chi connectivity index (χ0n) is 15.9. The summed E-state index contributed by atoms with van der Waals surface area (Å²) in [6.45, 7) is 5.76. The van der Waals surface area contributed by atoms with Crippen LogP contribution in [-0.2, 0) is 9.53 Å². The summed E-state index contributed by atoms with van der Waals surface area (Å²) < 4.78 is 4.84. The predicted octanol–water partition coefficient (Wildman–Crippen LogP) is 3.70. The minimum Gasteiger partial charge on any atom is -0.465 e. The first kappa shape index (κ1) is 21.2. The van der Waals surface area contributed by atoms with Crippen LogP contribution in [0.5, 0.6) is 0 Å². The third kappa shape index (κ3) is 5.04. The van der Waals surface area contributed by atoms with Crippen LogP contribution in [0.2, 0.25) is 0 Å². The summed E-state index contributed by atoms with van der Waals surface area (Å²) in [6.07, 6.45) is 3.54. The maximum Gasteiger partial charge on any atom is 0.341 e. The number of esters is 1. The van der Waals surface area contributed by atoms with Crippen LogP contribution < -0.4 is 5.32 Å². The third-order valence-electron chi connectivity index (χ3n) is 4.14. The predicted molar refractivity (Wildman–Crippen MR) is 100 cm³/mol. The number of unbranched alkanes of at least 4 members (excludes halogenated alkanes) is 1. The van der Waals surface area contributed by atoms with Crippen LogP contribution in [-0.4, -0.2) is 43.9 Å². The molecule has 25 heavy (non-hydrogen) atoms. The summed E-state index contributed by atoms with van der Waals surface area (Å²) in [5.74, 6) is -0.985. The van der Waals surface area contributed by atoms with Gasteiger partial charge in [-0.1, -0.05) is 26.7 Å². The monoisotopic (exact) mass is 368 g/mol. The van der Waals surface area contributed by atoms with Crippen molar-refractivity contribution in [2.45, 2.75) is 46.5 Å². The quantitative estimate of drug-likeness (QED) is 0.710. The Balaban J connectivity index is 3.20. The SMILES string of the molecule is CCCCC(CC)C(=O)Nc1sc(C(=O)N(C)C)c(C)c1C(=O)OC. The molecule has 0 saturated heterocycles. The Morgan fingerprint density at radius 3 is 2.36 bits per heavy atom. The zero-order valence-corrected chi connectivity index (χ0v) is 16.7. The number of ether oxygens (including phenoxy) is 1. The van der Waals surface area contributed by atoms with Gasteiger partial charge in [0.05, 0.1) is 17.6 Å². The van der Waals surface area contributed by atoms with Crippen LogP contribution >= 0.6 is 11.3 Å². The molecule has 0 aromatic carbocycles. The van der Waals surface area contributed by atoms with Crippen molar-refractivity contribution >= 4 is 34.1 Å². The molecule has 0 fully saturated rings. The van der Waals surface area contributed by atoms with Gasteiger partial charge in [-0.15, -0.1) is 11.3 Å². The zero-order chi connectivity index (χ0) is 19.1. The van der Waals surface area contributed by atoms with Gasteiger partial charge in [-0.05, 0) is 25.3 Å². The van der Waals surface area contributed by atoms with E-state index in [0.717, 1.165) is 37.0 Å². The van der Waals surface area contributed by atoms with Crippen LogP contribution in [0.4, 0.5) is 5.00 Å².